The second-order valence-electron chi connectivity index (χ2n) is 7.58. The van der Waals surface area contributed by atoms with Gasteiger partial charge in [0.25, 0.3) is 11.8 Å². The summed E-state index contributed by atoms with van der Waals surface area (Å²) in [4.78, 5) is 38.0. The Morgan fingerprint density at radius 1 is 0.750 bits per heavy atom. The van der Waals surface area contributed by atoms with Crippen LogP contribution in [0.5, 0.6) is 0 Å². The zero-order valence-electron chi connectivity index (χ0n) is 18.3. The van der Waals surface area contributed by atoms with Crippen LogP contribution in [-0.2, 0) is 4.79 Å². The molecule has 0 aliphatic heterocycles. The van der Waals surface area contributed by atoms with Crippen LogP contribution in [0, 0.1) is 6.92 Å². The number of aryl methyl sites for hydroxylation is 1. The number of carbonyl (C=O) groups excluding carboxylic acids is 3. The Hall–Kier alpha value is -4.13. The minimum absolute atomic E-state index is 0.0761. The summed E-state index contributed by atoms with van der Waals surface area (Å²) >= 11 is 0. The fourth-order valence-corrected chi connectivity index (χ4v) is 3.00. The van der Waals surface area contributed by atoms with Crippen molar-refractivity contribution in [1.82, 2.24) is 4.90 Å². The van der Waals surface area contributed by atoms with Crippen LogP contribution >= 0.6 is 0 Å². The Labute approximate surface area is 187 Å². The molecule has 0 unspecified atom stereocenters. The Morgan fingerprint density at radius 3 is 1.94 bits per heavy atom. The molecule has 0 saturated carbocycles. The minimum Gasteiger partial charge on any atom is -0.376 e. The standard InChI is InChI=1S/C25H26N4O3/c1-17-5-4-6-19(15-17)24(31)28-22-13-11-21(12-14-22)27-23(30)16-26-20-9-7-18(8-10-20)25(32)29(2)3/h4-15,26H,16H2,1-3H3,(H,27,30)(H,28,31). The van der Waals surface area contributed by atoms with Crippen molar-refractivity contribution < 1.29 is 14.4 Å². The molecular formula is C25H26N4O3. The van der Waals surface area contributed by atoms with E-state index in [2.05, 4.69) is 16.0 Å². The molecule has 0 radical (unpaired) electrons. The van der Waals surface area contributed by atoms with E-state index in [9.17, 15) is 14.4 Å². The summed E-state index contributed by atoms with van der Waals surface area (Å²) < 4.78 is 0. The van der Waals surface area contributed by atoms with Gasteiger partial charge in [-0.3, -0.25) is 14.4 Å². The maximum atomic E-state index is 12.3. The van der Waals surface area contributed by atoms with Crippen molar-refractivity contribution in [1.29, 1.82) is 0 Å². The number of rotatable bonds is 7. The first-order chi connectivity index (χ1) is 15.3. The van der Waals surface area contributed by atoms with Crippen molar-refractivity contribution in [2.45, 2.75) is 6.92 Å². The smallest absolute Gasteiger partial charge is 0.255 e. The van der Waals surface area contributed by atoms with Crippen molar-refractivity contribution in [2.75, 3.05) is 36.6 Å². The van der Waals surface area contributed by atoms with Crippen molar-refractivity contribution in [3.05, 3.63) is 89.5 Å². The van der Waals surface area contributed by atoms with Gasteiger partial charge in [-0.05, 0) is 67.6 Å². The fraction of sp³-hybridized carbons (Fsp3) is 0.160. The van der Waals surface area contributed by atoms with Gasteiger partial charge in [0.15, 0.2) is 0 Å². The predicted molar refractivity (Wildman–Crippen MR) is 127 cm³/mol. The van der Waals surface area contributed by atoms with E-state index >= 15 is 0 Å². The molecule has 3 N–H and O–H groups in total. The van der Waals surface area contributed by atoms with Gasteiger partial charge in [0, 0.05) is 42.3 Å². The predicted octanol–water partition coefficient (Wildman–Crippen LogP) is 4.00. The first-order valence-corrected chi connectivity index (χ1v) is 10.2. The summed E-state index contributed by atoms with van der Waals surface area (Å²) in [7, 11) is 3.40. The van der Waals surface area contributed by atoms with E-state index in [1.807, 2.05) is 25.1 Å². The zero-order valence-corrected chi connectivity index (χ0v) is 18.3. The van der Waals surface area contributed by atoms with Gasteiger partial charge in [0.2, 0.25) is 5.91 Å². The third-order valence-electron chi connectivity index (χ3n) is 4.70. The third-order valence-corrected chi connectivity index (χ3v) is 4.70. The SMILES string of the molecule is Cc1cccc(C(=O)Nc2ccc(NC(=O)CNc3ccc(C(=O)N(C)C)cc3)cc2)c1. The quantitative estimate of drug-likeness (QED) is 0.528. The van der Waals surface area contributed by atoms with Gasteiger partial charge >= 0.3 is 0 Å². The van der Waals surface area contributed by atoms with Gasteiger partial charge in [0.05, 0.1) is 6.54 Å². The molecule has 0 heterocycles. The number of benzene rings is 3. The second-order valence-corrected chi connectivity index (χ2v) is 7.58. The molecule has 0 saturated heterocycles. The number of nitrogens with zero attached hydrogens (tertiary/aromatic N) is 1. The normalized spacial score (nSPS) is 10.2. The van der Waals surface area contributed by atoms with Gasteiger partial charge in [-0.15, -0.1) is 0 Å². The summed E-state index contributed by atoms with van der Waals surface area (Å²) in [6.45, 7) is 2.01. The van der Waals surface area contributed by atoms with Crippen LogP contribution < -0.4 is 16.0 Å². The molecule has 3 aromatic rings. The highest BCUT2D eigenvalue weighted by atomic mass is 16.2. The summed E-state index contributed by atoms with van der Waals surface area (Å²) in [5, 5.41) is 8.67. The van der Waals surface area contributed by atoms with Crippen LogP contribution in [0.1, 0.15) is 26.3 Å². The summed E-state index contributed by atoms with van der Waals surface area (Å²) in [6, 6.07) is 21.2. The minimum atomic E-state index is -0.213. The highest BCUT2D eigenvalue weighted by Crippen LogP contribution is 2.16. The largest absolute Gasteiger partial charge is 0.376 e. The topological polar surface area (TPSA) is 90.5 Å². The molecule has 7 nitrogen and oxygen atoms in total. The maximum absolute atomic E-state index is 12.3. The molecule has 3 amide bonds. The van der Waals surface area contributed by atoms with E-state index in [1.54, 1.807) is 68.7 Å². The van der Waals surface area contributed by atoms with Crippen molar-refractivity contribution >= 4 is 34.8 Å². The number of hydrogen-bond acceptors (Lipinski definition) is 4. The Kier molecular flexibility index (Phi) is 7.23. The lowest BCUT2D eigenvalue weighted by atomic mass is 10.1. The number of nitrogens with one attached hydrogen (secondary N) is 3. The van der Waals surface area contributed by atoms with Crippen LogP contribution in [0.15, 0.2) is 72.8 Å². The fourth-order valence-electron chi connectivity index (χ4n) is 3.00. The van der Waals surface area contributed by atoms with E-state index in [4.69, 9.17) is 0 Å². The molecule has 164 valence electrons. The monoisotopic (exact) mass is 430 g/mol. The molecule has 0 spiro atoms. The number of anilines is 3. The van der Waals surface area contributed by atoms with Crippen LogP contribution in [0.25, 0.3) is 0 Å². The molecule has 0 atom stereocenters. The van der Waals surface area contributed by atoms with Gasteiger partial charge in [-0.25, -0.2) is 0 Å². The van der Waals surface area contributed by atoms with Gasteiger partial charge < -0.3 is 20.9 Å². The third kappa shape index (κ3) is 6.18. The summed E-state index contributed by atoms with van der Waals surface area (Å²) in [5.41, 5.74) is 4.19. The average Bonchev–Trinajstić information content (AvgIpc) is 2.79. The van der Waals surface area contributed by atoms with Gasteiger partial charge in [-0.1, -0.05) is 17.7 Å². The van der Waals surface area contributed by atoms with E-state index < -0.39 is 0 Å². The van der Waals surface area contributed by atoms with Crippen LogP contribution in [0.4, 0.5) is 17.1 Å². The molecular weight excluding hydrogens is 404 g/mol. The lowest BCUT2D eigenvalue weighted by Gasteiger charge is -2.12. The second kappa shape index (κ2) is 10.3. The highest BCUT2D eigenvalue weighted by Gasteiger charge is 2.09. The first-order valence-electron chi connectivity index (χ1n) is 10.2. The van der Waals surface area contributed by atoms with Crippen molar-refractivity contribution in [2.24, 2.45) is 0 Å². The van der Waals surface area contributed by atoms with Crippen LogP contribution in [-0.4, -0.2) is 43.3 Å². The maximum Gasteiger partial charge on any atom is 0.255 e. The van der Waals surface area contributed by atoms with Gasteiger partial charge in [-0.2, -0.15) is 0 Å². The Balaban J connectivity index is 1.49. The van der Waals surface area contributed by atoms with E-state index in [0.717, 1.165) is 11.3 Å². The molecule has 3 aromatic carbocycles. The van der Waals surface area contributed by atoms with E-state index in [-0.39, 0.29) is 24.3 Å². The van der Waals surface area contributed by atoms with E-state index in [0.29, 0.717) is 22.5 Å². The molecule has 3 rings (SSSR count). The number of hydrogen-bond donors (Lipinski definition) is 3. The number of carbonyl (C=O) groups is 3. The van der Waals surface area contributed by atoms with Crippen molar-refractivity contribution in [3.63, 3.8) is 0 Å². The highest BCUT2D eigenvalue weighted by molar-refractivity contribution is 6.04. The average molecular weight is 431 g/mol. The van der Waals surface area contributed by atoms with Crippen molar-refractivity contribution in [3.8, 4) is 0 Å². The van der Waals surface area contributed by atoms with Crippen LogP contribution in [0.2, 0.25) is 0 Å². The Morgan fingerprint density at radius 2 is 1.34 bits per heavy atom. The van der Waals surface area contributed by atoms with E-state index in [1.165, 1.54) is 4.90 Å². The Bertz CT molecular complexity index is 1110. The summed E-state index contributed by atoms with van der Waals surface area (Å²) in [5.74, 6) is -0.476. The molecule has 0 bridgehead atoms. The van der Waals surface area contributed by atoms with Gasteiger partial charge in [0.1, 0.15) is 0 Å². The lowest BCUT2D eigenvalue weighted by Crippen LogP contribution is -2.22. The first kappa shape index (κ1) is 22.6. The molecule has 0 aromatic heterocycles. The summed E-state index contributed by atoms with van der Waals surface area (Å²) in [6.07, 6.45) is 0. The van der Waals surface area contributed by atoms with Crippen LogP contribution in [0.3, 0.4) is 0 Å². The molecule has 32 heavy (non-hydrogen) atoms. The molecule has 0 aliphatic carbocycles. The zero-order chi connectivity index (χ0) is 23.1. The molecule has 7 heteroatoms. The molecule has 0 fully saturated rings. The lowest BCUT2D eigenvalue weighted by molar-refractivity contribution is -0.114. The molecule has 0 aliphatic rings. The number of amides is 3.